The van der Waals surface area contributed by atoms with E-state index in [0.717, 1.165) is 22.6 Å². The van der Waals surface area contributed by atoms with Gasteiger partial charge >= 0.3 is 0 Å². The van der Waals surface area contributed by atoms with E-state index in [1.54, 1.807) is 0 Å². The van der Waals surface area contributed by atoms with Crippen molar-refractivity contribution in [2.75, 3.05) is 0 Å². The van der Waals surface area contributed by atoms with Crippen molar-refractivity contribution in [3.63, 3.8) is 0 Å². The fraction of sp³-hybridized carbons (Fsp3) is 0.133. The third-order valence-electron chi connectivity index (χ3n) is 2.63. The Morgan fingerprint density at radius 3 is 2.53 bits per heavy atom. The number of hydrogen-bond acceptors (Lipinski definition) is 1. The molecule has 0 atom stereocenters. The van der Waals surface area contributed by atoms with Crippen molar-refractivity contribution in [1.82, 2.24) is 0 Å². The van der Waals surface area contributed by atoms with Crippen molar-refractivity contribution in [3.05, 3.63) is 70.2 Å². The maximum atomic E-state index is 8.67. The lowest BCUT2D eigenvalue weighted by Crippen LogP contribution is -1.91. The van der Waals surface area contributed by atoms with Gasteiger partial charge in [0.1, 0.15) is 0 Å². The summed E-state index contributed by atoms with van der Waals surface area (Å²) in [6.07, 6.45) is 1.26. The second-order valence-electron chi connectivity index (χ2n) is 3.92. The maximum Gasteiger partial charge on any atom is 0.0669 e. The zero-order valence-electron chi connectivity index (χ0n) is 9.36. The Morgan fingerprint density at radius 1 is 1.00 bits per heavy atom. The van der Waals surface area contributed by atoms with Crippen LogP contribution in [0, 0.1) is 11.3 Å². The minimum Gasteiger partial charge on any atom is -0.198 e. The zero-order chi connectivity index (χ0) is 12.1. The molecule has 0 radical (unpaired) electrons. The first-order chi connectivity index (χ1) is 8.29. The third kappa shape index (κ3) is 3.09. The van der Waals surface area contributed by atoms with Crippen LogP contribution in [-0.4, -0.2) is 0 Å². The van der Waals surface area contributed by atoms with Crippen molar-refractivity contribution >= 4 is 11.6 Å². The Bertz CT molecular complexity index is 555. The topological polar surface area (TPSA) is 23.8 Å². The van der Waals surface area contributed by atoms with Crippen LogP contribution in [0.3, 0.4) is 0 Å². The molecule has 0 heterocycles. The van der Waals surface area contributed by atoms with Gasteiger partial charge in [-0.2, -0.15) is 5.26 Å². The molecule has 0 N–H and O–H groups in total. The van der Waals surface area contributed by atoms with E-state index >= 15 is 0 Å². The molecular weight excluding hydrogens is 230 g/mol. The van der Waals surface area contributed by atoms with E-state index in [0.29, 0.717) is 6.42 Å². The van der Waals surface area contributed by atoms with Crippen molar-refractivity contribution in [2.45, 2.75) is 12.8 Å². The Balaban J connectivity index is 2.22. The van der Waals surface area contributed by atoms with Crippen molar-refractivity contribution in [3.8, 4) is 6.07 Å². The lowest BCUT2D eigenvalue weighted by molar-refractivity contribution is 1.16. The number of rotatable bonds is 3. The summed E-state index contributed by atoms with van der Waals surface area (Å²) in [6, 6.07) is 18.1. The number of halogens is 1. The molecule has 1 nitrogen and oxygen atoms in total. The van der Waals surface area contributed by atoms with E-state index in [4.69, 9.17) is 16.9 Å². The van der Waals surface area contributed by atoms with Crippen LogP contribution in [0.5, 0.6) is 0 Å². The second-order valence-corrected chi connectivity index (χ2v) is 4.33. The van der Waals surface area contributed by atoms with Gasteiger partial charge in [0, 0.05) is 5.02 Å². The van der Waals surface area contributed by atoms with Crippen molar-refractivity contribution < 1.29 is 0 Å². The number of hydrogen-bond donors (Lipinski definition) is 0. The van der Waals surface area contributed by atoms with E-state index in [9.17, 15) is 0 Å². The highest BCUT2D eigenvalue weighted by Crippen LogP contribution is 2.19. The molecule has 2 aromatic carbocycles. The first kappa shape index (κ1) is 11.7. The molecule has 0 saturated heterocycles. The molecule has 17 heavy (non-hydrogen) atoms. The monoisotopic (exact) mass is 241 g/mol. The largest absolute Gasteiger partial charge is 0.198 e. The molecule has 2 aromatic rings. The first-order valence-electron chi connectivity index (χ1n) is 5.48. The average Bonchev–Trinajstić information content (AvgIpc) is 2.33. The lowest BCUT2D eigenvalue weighted by atomic mass is 10.0. The average molecular weight is 242 g/mol. The van der Waals surface area contributed by atoms with E-state index in [1.807, 2.05) is 36.4 Å². The van der Waals surface area contributed by atoms with Crippen molar-refractivity contribution in [2.24, 2.45) is 0 Å². The fourth-order valence-electron chi connectivity index (χ4n) is 1.80. The molecular formula is C15H12ClN. The van der Waals surface area contributed by atoms with Crippen LogP contribution in [-0.2, 0) is 12.8 Å². The Morgan fingerprint density at radius 2 is 1.76 bits per heavy atom. The highest BCUT2D eigenvalue weighted by Gasteiger charge is 2.01. The van der Waals surface area contributed by atoms with E-state index < -0.39 is 0 Å². The van der Waals surface area contributed by atoms with Crippen LogP contribution >= 0.6 is 11.6 Å². The molecule has 0 unspecified atom stereocenters. The summed E-state index contributed by atoms with van der Waals surface area (Å²) in [4.78, 5) is 0. The van der Waals surface area contributed by atoms with Gasteiger partial charge in [-0.15, -0.1) is 0 Å². The number of nitriles is 1. The summed E-state index contributed by atoms with van der Waals surface area (Å²) < 4.78 is 0. The highest BCUT2D eigenvalue weighted by molar-refractivity contribution is 6.31. The summed E-state index contributed by atoms with van der Waals surface area (Å²) in [6.45, 7) is 0. The van der Waals surface area contributed by atoms with Gasteiger partial charge in [-0.05, 0) is 29.2 Å². The van der Waals surface area contributed by atoms with Gasteiger partial charge in [0.2, 0.25) is 0 Å². The molecule has 0 saturated carbocycles. The van der Waals surface area contributed by atoms with Crippen molar-refractivity contribution in [1.29, 1.82) is 5.26 Å². The molecule has 0 aliphatic heterocycles. The van der Waals surface area contributed by atoms with E-state index in [1.165, 1.54) is 5.56 Å². The summed E-state index contributed by atoms with van der Waals surface area (Å²) in [5, 5.41) is 9.46. The Kier molecular flexibility index (Phi) is 3.80. The highest BCUT2D eigenvalue weighted by atomic mass is 35.5. The third-order valence-corrected chi connectivity index (χ3v) is 3.00. The summed E-state index contributed by atoms with van der Waals surface area (Å²) in [5.41, 5.74) is 3.35. The predicted octanol–water partition coefficient (Wildman–Crippen LogP) is 4.00. The van der Waals surface area contributed by atoms with Gasteiger partial charge in [-0.3, -0.25) is 0 Å². The van der Waals surface area contributed by atoms with Gasteiger partial charge < -0.3 is 0 Å². The number of nitrogens with zero attached hydrogens (tertiary/aromatic N) is 1. The van der Waals surface area contributed by atoms with Crippen LogP contribution in [0.4, 0.5) is 0 Å². The maximum absolute atomic E-state index is 8.67. The van der Waals surface area contributed by atoms with Gasteiger partial charge in [0.15, 0.2) is 0 Å². The quantitative estimate of drug-likeness (QED) is 0.797. The molecule has 2 rings (SSSR count). The number of benzene rings is 2. The van der Waals surface area contributed by atoms with Gasteiger partial charge in [-0.25, -0.2) is 0 Å². The van der Waals surface area contributed by atoms with Crippen LogP contribution in [0.2, 0.25) is 5.02 Å². The minimum absolute atomic E-state index is 0.455. The second kappa shape index (κ2) is 5.52. The van der Waals surface area contributed by atoms with Crippen LogP contribution in [0.1, 0.15) is 16.7 Å². The Hall–Kier alpha value is -1.78. The molecule has 0 amide bonds. The normalized spacial score (nSPS) is 9.88. The summed E-state index contributed by atoms with van der Waals surface area (Å²) >= 11 is 6.12. The van der Waals surface area contributed by atoms with Gasteiger partial charge in [0.25, 0.3) is 0 Å². The van der Waals surface area contributed by atoms with E-state index in [-0.39, 0.29) is 0 Å². The van der Waals surface area contributed by atoms with Crippen LogP contribution in [0.15, 0.2) is 48.5 Å². The molecule has 0 fully saturated rings. The molecule has 0 aliphatic rings. The smallest absolute Gasteiger partial charge is 0.0669 e. The van der Waals surface area contributed by atoms with Gasteiger partial charge in [-0.1, -0.05) is 54.1 Å². The van der Waals surface area contributed by atoms with Gasteiger partial charge in [0.05, 0.1) is 12.5 Å². The minimum atomic E-state index is 0.455. The van der Waals surface area contributed by atoms with Crippen LogP contribution in [0.25, 0.3) is 0 Å². The van der Waals surface area contributed by atoms with E-state index in [2.05, 4.69) is 18.2 Å². The summed E-state index contributed by atoms with van der Waals surface area (Å²) in [5.74, 6) is 0. The molecule has 0 aromatic heterocycles. The fourth-order valence-corrected chi connectivity index (χ4v) is 2.01. The first-order valence-corrected chi connectivity index (χ1v) is 5.85. The lowest BCUT2D eigenvalue weighted by Gasteiger charge is -2.05. The summed E-state index contributed by atoms with van der Waals surface area (Å²) in [7, 11) is 0. The molecule has 0 bridgehead atoms. The molecule has 0 aliphatic carbocycles. The molecule has 0 spiro atoms. The Labute approximate surface area is 106 Å². The molecule has 2 heteroatoms. The SMILES string of the molecule is N#CCc1cccc(Cc2ccccc2Cl)c1. The van der Waals surface area contributed by atoms with Crippen LogP contribution < -0.4 is 0 Å². The molecule has 84 valence electrons. The standard InChI is InChI=1S/C15H12ClN/c16-15-7-2-1-6-14(15)11-13-5-3-4-12(10-13)8-9-17/h1-7,10H,8,11H2. The zero-order valence-corrected chi connectivity index (χ0v) is 10.1. The predicted molar refractivity (Wildman–Crippen MR) is 70.0 cm³/mol.